The fourth-order valence-corrected chi connectivity index (χ4v) is 3.19. The van der Waals surface area contributed by atoms with E-state index in [4.69, 9.17) is 4.74 Å². The molecule has 0 spiro atoms. The zero-order chi connectivity index (χ0) is 22.1. The molecule has 0 bridgehead atoms. The lowest BCUT2D eigenvalue weighted by Gasteiger charge is -2.31. The van der Waals surface area contributed by atoms with Crippen LogP contribution in [0.5, 0.6) is 5.75 Å². The average molecular weight is 411 g/mol. The van der Waals surface area contributed by atoms with Crippen LogP contribution in [0.15, 0.2) is 48.5 Å². The molecule has 0 aromatic heterocycles. The van der Waals surface area contributed by atoms with E-state index in [2.05, 4.69) is 5.32 Å². The Labute approximate surface area is 180 Å². The molecule has 2 aromatic rings. The summed E-state index contributed by atoms with van der Waals surface area (Å²) in [5, 5.41) is 3.02. The average Bonchev–Trinajstić information content (AvgIpc) is 2.74. The van der Waals surface area contributed by atoms with E-state index in [9.17, 15) is 9.59 Å². The van der Waals surface area contributed by atoms with Gasteiger partial charge in [0.25, 0.3) is 5.91 Å². The van der Waals surface area contributed by atoms with Crippen LogP contribution >= 0.6 is 0 Å². The topological polar surface area (TPSA) is 58.6 Å². The molecule has 2 rings (SSSR count). The van der Waals surface area contributed by atoms with Crippen LogP contribution in [0.4, 0.5) is 0 Å². The Morgan fingerprint density at radius 3 is 2.27 bits per heavy atom. The van der Waals surface area contributed by atoms with Crippen molar-refractivity contribution in [2.45, 2.75) is 66.1 Å². The van der Waals surface area contributed by atoms with Gasteiger partial charge in [0.05, 0.1) is 0 Å². The van der Waals surface area contributed by atoms with Crippen molar-refractivity contribution < 1.29 is 14.3 Å². The molecule has 0 heterocycles. The van der Waals surface area contributed by atoms with E-state index >= 15 is 0 Å². The highest BCUT2D eigenvalue weighted by Gasteiger charge is 2.29. The number of nitrogens with zero attached hydrogens (tertiary/aromatic N) is 1. The first-order valence-electron chi connectivity index (χ1n) is 10.7. The lowest BCUT2D eigenvalue weighted by molar-refractivity contribution is -0.143. The Bertz CT molecular complexity index is 833. The summed E-state index contributed by atoms with van der Waals surface area (Å²) in [4.78, 5) is 27.7. The van der Waals surface area contributed by atoms with Crippen molar-refractivity contribution in [1.29, 1.82) is 0 Å². The monoisotopic (exact) mass is 410 g/mol. The van der Waals surface area contributed by atoms with Crippen molar-refractivity contribution in [3.8, 4) is 5.75 Å². The number of carbonyl (C=O) groups excluding carboxylic acids is 2. The Morgan fingerprint density at radius 2 is 1.67 bits per heavy atom. The smallest absolute Gasteiger partial charge is 0.261 e. The van der Waals surface area contributed by atoms with Gasteiger partial charge in [-0.25, -0.2) is 0 Å². The molecule has 1 N–H and O–H groups in total. The number of nitrogens with one attached hydrogen (secondary N) is 1. The number of para-hydroxylation sites is 1. The lowest BCUT2D eigenvalue weighted by atomic mass is 10.1. The van der Waals surface area contributed by atoms with Crippen LogP contribution in [0.2, 0.25) is 0 Å². The van der Waals surface area contributed by atoms with Crippen LogP contribution in [0.3, 0.4) is 0 Å². The van der Waals surface area contributed by atoms with Gasteiger partial charge in [-0.2, -0.15) is 0 Å². The molecule has 0 aliphatic carbocycles. The van der Waals surface area contributed by atoms with E-state index in [0.29, 0.717) is 18.7 Å². The third-order valence-electron chi connectivity index (χ3n) is 5.31. The number of benzene rings is 2. The zero-order valence-electron chi connectivity index (χ0n) is 18.8. The summed E-state index contributed by atoms with van der Waals surface area (Å²) in [5.41, 5.74) is 3.11. The van der Waals surface area contributed by atoms with Crippen LogP contribution in [-0.2, 0) is 16.1 Å². The molecule has 0 saturated heterocycles. The maximum atomic E-state index is 13.2. The molecule has 0 fully saturated rings. The number of rotatable bonds is 10. The van der Waals surface area contributed by atoms with Crippen molar-refractivity contribution in [2.75, 3.05) is 6.61 Å². The quantitative estimate of drug-likeness (QED) is 0.631. The summed E-state index contributed by atoms with van der Waals surface area (Å²) in [5.74, 6) is 0.353. The fourth-order valence-electron chi connectivity index (χ4n) is 3.19. The molecule has 0 unspecified atom stereocenters. The van der Waals surface area contributed by atoms with E-state index in [1.54, 1.807) is 4.90 Å². The van der Waals surface area contributed by atoms with E-state index < -0.39 is 6.04 Å². The first-order valence-corrected chi connectivity index (χ1v) is 10.7. The SMILES string of the molecule is CC[C@H](C(=O)N[C@@H](C)CC)N(Cc1ccc(C)cc1)C(=O)COc1ccccc1C. The van der Waals surface area contributed by atoms with Gasteiger partial charge in [-0.3, -0.25) is 9.59 Å². The molecule has 0 aliphatic heterocycles. The molecule has 30 heavy (non-hydrogen) atoms. The van der Waals surface area contributed by atoms with Crippen LogP contribution in [0, 0.1) is 13.8 Å². The molecule has 5 heteroatoms. The normalized spacial score (nSPS) is 12.7. The van der Waals surface area contributed by atoms with Crippen molar-refractivity contribution in [3.05, 3.63) is 65.2 Å². The van der Waals surface area contributed by atoms with E-state index in [-0.39, 0.29) is 24.5 Å². The third-order valence-corrected chi connectivity index (χ3v) is 5.31. The van der Waals surface area contributed by atoms with Gasteiger partial charge >= 0.3 is 0 Å². The first-order chi connectivity index (χ1) is 14.3. The van der Waals surface area contributed by atoms with Crippen molar-refractivity contribution in [1.82, 2.24) is 10.2 Å². The summed E-state index contributed by atoms with van der Waals surface area (Å²) >= 11 is 0. The Kier molecular flexibility index (Phi) is 8.90. The largest absolute Gasteiger partial charge is 0.484 e. The van der Waals surface area contributed by atoms with Gasteiger partial charge in [-0.1, -0.05) is 61.9 Å². The van der Waals surface area contributed by atoms with E-state index in [0.717, 1.165) is 23.1 Å². The summed E-state index contributed by atoms with van der Waals surface area (Å²) in [6.45, 7) is 10.1. The molecule has 5 nitrogen and oxygen atoms in total. The second-order valence-electron chi connectivity index (χ2n) is 7.80. The predicted molar refractivity (Wildman–Crippen MR) is 120 cm³/mol. The minimum absolute atomic E-state index is 0.0612. The summed E-state index contributed by atoms with van der Waals surface area (Å²) in [7, 11) is 0. The van der Waals surface area contributed by atoms with Crippen molar-refractivity contribution in [3.63, 3.8) is 0 Å². The zero-order valence-corrected chi connectivity index (χ0v) is 18.8. The minimum atomic E-state index is -0.548. The molecule has 2 amide bonds. The number of aryl methyl sites for hydroxylation is 2. The van der Waals surface area contributed by atoms with Crippen LogP contribution < -0.4 is 10.1 Å². The summed E-state index contributed by atoms with van der Waals surface area (Å²) in [6, 6.07) is 15.1. The van der Waals surface area contributed by atoms with Crippen LogP contribution in [0.25, 0.3) is 0 Å². The molecule has 0 radical (unpaired) electrons. The highest BCUT2D eigenvalue weighted by Crippen LogP contribution is 2.18. The summed E-state index contributed by atoms with van der Waals surface area (Å²) < 4.78 is 5.79. The highest BCUT2D eigenvalue weighted by molar-refractivity contribution is 5.88. The number of hydrogen-bond donors (Lipinski definition) is 1. The second-order valence-corrected chi connectivity index (χ2v) is 7.80. The molecule has 2 atom stereocenters. The standard InChI is InChI=1S/C25H34N2O3/c1-6-20(5)26-25(29)22(7-2)27(16-21-14-12-18(3)13-15-21)24(28)17-30-23-11-9-8-10-19(23)4/h8-15,20,22H,6-7,16-17H2,1-5H3,(H,26,29)/t20-,22+/m0/s1. The lowest BCUT2D eigenvalue weighted by Crippen LogP contribution is -2.51. The number of amides is 2. The second kappa shape index (κ2) is 11.4. The molecular formula is C25H34N2O3. The van der Waals surface area contributed by atoms with Crippen molar-refractivity contribution in [2.24, 2.45) is 0 Å². The van der Waals surface area contributed by atoms with Gasteiger partial charge in [-0.05, 0) is 50.8 Å². The van der Waals surface area contributed by atoms with E-state index in [1.165, 1.54) is 0 Å². The van der Waals surface area contributed by atoms with Crippen LogP contribution in [0.1, 0.15) is 50.3 Å². The van der Waals surface area contributed by atoms with Gasteiger partial charge in [0.1, 0.15) is 11.8 Å². The highest BCUT2D eigenvalue weighted by atomic mass is 16.5. The molecule has 2 aromatic carbocycles. The number of ether oxygens (including phenoxy) is 1. The molecule has 0 saturated carbocycles. The minimum Gasteiger partial charge on any atom is -0.484 e. The van der Waals surface area contributed by atoms with Gasteiger partial charge < -0.3 is 15.0 Å². The fraction of sp³-hybridized carbons (Fsp3) is 0.440. The van der Waals surface area contributed by atoms with E-state index in [1.807, 2.05) is 83.1 Å². The molecule has 0 aliphatic rings. The predicted octanol–water partition coefficient (Wildman–Crippen LogP) is 4.40. The van der Waals surface area contributed by atoms with Gasteiger partial charge in [0.2, 0.25) is 5.91 Å². The number of carbonyl (C=O) groups is 2. The Hall–Kier alpha value is -2.82. The molecule has 162 valence electrons. The summed E-state index contributed by atoms with van der Waals surface area (Å²) in [6.07, 6.45) is 1.37. The Morgan fingerprint density at radius 1 is 1.00 bits per heavy atom. The first kappa shape index (κ1) is 23.5. The maximum Gasteiger partial charge on any atom is 0.261 e. The van der Waals surface area contributed by atoms with Gasteiger partial charge in [-0.15, -0.1) is 0 Å². The van der Waals surface area contributed by atoms with Gasteiger partial charge in [0, 0.05) is 12.6 Å². The van der Waals surface area contributed by atoms with Crippen LogP contribution in [-0.4, -0.2) is 35.4 Å². The van der Waals surface area contributed by atoms with Gasteiger partial charge in [0.15, 0.2) is 6.61 Å². The number of hydrogen-bond acceptors (Lipinski definition) is 3. The Balaban J connectivity index is 2.21. The van der Waals surface area contributed by atoms with Crippen molar-refractivity contribution >= 4 is 11.8 Å². The molecular weight excluding hydrogens is 376 g/mol. The maximum absolute atomic E-state index is 13.2. The third kappa shape index (κ3) is 6.61.